The Morgan fingerprint density at radius 1 is 1.53 bits per heavy atom. The Labute approximate surface area is 99.0 Å². The first kappa shape index (κ1) is 13.1. The first-order valence-electron chi connectivity index (χ1n) is 5.13. The highest BCUT2D eigenvalue weighted by molar-refractivity contribution is 5.95. The highest BCUT2D eigenvalue weighted by Gasteiger charge is 2.20. The lowest BCUT2D eigenvalue weighted by atomic mass is 10.1. The second kappa shape index (κ2) is 4.92. The lowest BCUT2D eigenvalue weighted by Crippen LogP contribution is -2.48. The van der Waals surface area contributed by atoms with Crippen molar-refractivity contribution >= 4 is 11.6 Å². The van der Waals surface area contributed by atoms with Crippen molar-refractivity contribution in [3.8, 4) is 0 Å². The smallest absolute Gasteiger partial charge is 0.270 e. The third-order valence-electron chi connectivity index (χ3n) is 2.28. The van der Waals surface area contributed by atoms with Crippen molar-refractivity contribution in [2.24, 2.45) is 5.73 Å². The molecule has 0 aliphatic heterocycles. The van der Waals surface area contributed by atoms with Gasteiger partial charge in [0, 0.05) is 29.8 Å². The molecule has 1 amide bonds. The van der Waals surface area contributed by atoms with E-state index in [2.05, 4.69) is 5.32 Å². The van der Waals surface area contributed by atoms with E-state index in [-0.39, 0.29) is 23.7 Å². The molecule has 0 saturated carbocycles. The Balaban J connectivity index is 2.90. The summed E-state index contributed by atoms with van der Waals surface area (Å²) in [6.45, 7) is 3.85. The normalized spacial score (nSPS) is 11.0. The number of carbonyl (C=O) groups is 1. The second-order valence-corrected chi connectivity index (χ2v) is 4.35. The van der Waals surface area contributed by atoms with Crippen molar-refractivity contribution < 1.29 is 9.72 Å². The van der Waals surface area contributed by atoms with E-state index >= 15 is 0 Å². The molecule has 0 radical (unpaired) electrons. The first-order valence-corrected chi connectivity index (χ1v) is 5.13. The van der Waals surface area contributed by atoms with Gasteiger partial charge in [-0.25, -0.2) is 0 Å². The summed E-state index contributed by atoms with van der Waals surface area (Å²) in [5, 5.41) is 13.3. The van der Waals surface area contributed by atoms with E-state index in [0.29, 0.717) is 0 Å². The molecular formula is C11H15N3O3. The molecule has 0 spiro atoms. The van der Waals surface area contributed by atoms with Gasteiger partial charge in [-0.05, 0) is 19.9 Å². The minimum absolute atomic E-state index is 0.108. The minimum atomic E-state index is -0.540. The van der Waals surface area contributed by atoms with Crippen LogP contribution >= 0.6 is 0 Å². The van der Waals surface area contributed by atoms with Crippen molar-refractivity contribution in [1.29, 1.82) is 0 Å². The van der Waals surface area contributed by atoms with Crippen LogP contribution in [0, 0.1) is 10.1 Å². The first-order chi connectivity index (χ1) is 7.85. The average molecular weight is 237 g/mol. The van der Waals surface area contributed by atoms with Gasteiger partial charge < -0.3 is 11.1 Å². The fourth-order valence-electron chi connectivity index (χ4n) is 1.19. The lowest BCUT2D eigenvalue weighted by molar-refractivity contribution is -0.384. The number of non-ortho nitro benzene ring substituents is 1. The van der Waals surface area contributed by atoms with Gasteiger partial charge in [0.2, 0.25) is 0 Å². The topological polar surface area (TPSA) is 98.3 Å². The van der Waals surface area contributed by atoms with Crippen LogP contribution in [0.4, 0.5) is 5.69 Å². The molecule has 0 bridgehead atoms. The van der Waals surface area contributed by atoms with Crippen LogP contribution in [-0.4, -0.2) is 22.9 Å². The summed E-state index contributed by atoms with van der Waals surface area (Å²) in [6.07, 6.45) is 0. The van der Waals surface area contributed by atoms with E-state index in [1.54, 1.807) is 13.8 Å². The lowest BCUT2D eigenvalue weighted by Gasteiger charge is -2.24. The molecule has 1 aromatic rings. The standard InChI is InChI=1S/C11H15N3O3/c1-11(2,7-12)13-10(15)8-4-3-5-9(6-8)14(16)17/h3-6H,7,12H2,1-2H3,(H,13,15). The highest BCUT2D eigenvalue weighted by Crippen LogP contribution is 2.13. The number of hydrogen-bond acceptors (Lipinski definition) is 4. The van der Waals surface area contributed by atoms with Crippen LogP contribution in [0.1, 0.15) is 24.2 Å². The zero-order valence-electron chi connectivity index (χ0n) is 9.77. The Morgan fingerprint density at radius 3 is 2.71 bits per heavy atom. The van der Waals surface area contributed by atoms with Crippen LogP contribution in [0.3, 0.4) is 0 Å². The van der Waals surface area contributed by atoms with Gasteiger partial charge in [-0.2, -0.15) is 0 Å². The average Bonchev–Trinajstić information content (AvgIpc) is 2.28. The molecule has 0 saturated heterocycles. The summed E-state index contributed by atoms with van der Waals surface area (Å²) < 4.78 is 0. The van der Waals surface area contributed by atoms with Gasteiger partial charge in [0.1, 0.15) is 0 Å². The maximum absolute atomic E-state index is 11.8. The number of nitrogens with zero attached hydrogens (tertiary/aromatic N) is 1. The fourth-order valence-corrected chi connectivity index (χ4v) is 1.19. The van der Waals surface area contributed by atoms with Gasteiger partial charge in [0.15, 0.2) is 0 Å². The Morgan fingerprint density at radius 2 is 2.18 bits per heavy atom. The quantitative estimate of drug-likeness (QED) is 0.604. The van der Waals surface area contributed by atoms with Crippen LogP contribution in [0.25, 0.3) is 0 Å². The zero-order chi connectivity index (χ0) is 13.1. The van der Waals surface area contributed by atoms with Gasteiger partial charge in [-0.3, -0.25) is 14.9 Å². The maximum atomic E-state index is 11.8. The molecule has 92 valence electrons. The molecule has 17 heavy (non-hydrogen) atoms. The SMILES string of the molecule is CC(C)(CN)NC(=O)c1cccc([N+](=O)[O-])c1. The number of carbonyl (C=O) groups excluding carboxylic acids is 1. The number of amides is 1. The van der Waals surface area contributed by atoms with Crippen LogP contribution in [0.15, 0.2) is 24.3 Å². The Kier molecular flexibility index (Phi) is 3.80. The monoisotopic (exact) mass is 237 g/mol. The Bertz CT molecular complexity index is 443. The molecule has 0 atom stereocenters. The molecule has 0 aromatic heterocycles. The number of nitro benzene ring substituents is 1. The molecule has 0 fully saturated rings. The molecule has 0 aliphatic rings. The van der Waals surface area contributed by atoms with E-state index in [0.717, 1.165) is 0 Å². The number of nitro groups is 1. The molecule has 0 heterocycles. The fraction of sp³-hybridized carbons (Fsp3) is 0.364. The van der Waals surface area contributed by atoms with Gasteiger partial charge >= 0.3 is 0 Å². The third-order valence-corrected chi connectivity index (χ3v) is 2.28. The number of rotatable bonds is 4. The summed E-state index contributed by atoms with van der Waals surface area (Å²) >= 11 is 0. The van der Waals surface area contributed by atoms with E-state index in [1.165, 1.54) is 24.3 Å². The molecule has 6 heteroatoms. The van der Waals surface area contributed by atoms with Crippen LogP contribution in [0.2, 0.25) is 0 Å². The van der Waals surface area contributed by atoms with Crippen molar-refractivity contribution in [2.75, 3.05) is 6.54 Å². The molecular weight excluding hydrogens is 222 g/mol. The second-order valence-electron chi connectivity index (χ2n) is 4.35. The zero-order valence-corrected chi connectivity index (χ0v) is 9.77. The van der Waals surface area contributed by atoms with Crippen molar-refractivity contribution in [3.63, 3.8) is 0 Å². The summed E-state index contributed by atoms with van der Waals surface area (Å²) in [6, 6.07) is 5.57. The molecule has 3 N–H and O–H groups in total. The van der Waals surface area contributed by atoms with Crippen molar-refractivity contribution in [2.45, 2.75) is 19.4 Å². The number of nitrogens with one attached hydrogen (secondary N) is 1. The number of benzene rings is 1. The highest BCUT2D eigenvalue weighted by atomic mass is 16.6. The van der Waals surface area contributed by atoms with E-state index in [9.17, 15) is 14.9 Å². The molecule has 0 unspecified atom stereocenters. The maximum Gasteiger partial charge on any atom is 0.270 e. The van der Waals surface area contributed by atoms with E-state index < -0.39 is 10.5 Å². The minimum Gasteiger partial charge on any atom is -0.346 e. The van der Waals surface area contributed by atoms with Gasteiger partial charge in [-0.1, -0.05) is 6.07 Å². The van der Waals surface area contributed by atoms with Gasteiger partial charge in [0.05, 0.1) is 4.92 Å². The third kappa shape index (κ3) is 3.53. The predicted molar refractivity (Wildman–Crippen MR) is 63.7 cm³/mol. The number of nitrogens with two attached hydrogens (primary N) is 1. The van der Waals surface area contributed by atoms with E-state index in [1.807, 2.05) is 0 Å². The molecule has 0 aliphatic carbocycles. The molecule has 1 rings (SSSR count). The predicted octanol–water partition coefficient (Wildman–Crippen LogP) is 1.06. The molecule has 1 aromatic carbocycles. The Hall–Kier alpha value is -1.95. The summed E-state index contributed by atoms with van der Waals surface area (Å²) in [4.78, 5) is 21.8. The molecule has 6 nitrogen and oxygen atoms in total. The van der Waals surface area contributed by atoms with Crippen molar-refractivity contribution in [1.82, 2.24) is 5.32 Å². The van der Waals surface area contributed by atoms with E-state index in [4.69, 9.17) is 5.73 Å². The largest absolute Gasteiger partial charge is 0.346 e. The van der Waals surface area contributed by atoms with Gasteiger partial charge in [0.25, 0.3) is 11.6 Å². The van der Waals surface area contributed by atoms with Crippen LogP contribution < -0.4 is 11.1 Å². The van der Waals surface area contributed by atoms with Crippen LogP contribution in [-0.2, 0) is 0 Å². The summed E-state index contributed by atoms with van der Waals surface area (Å²) in [7, 11) is 0. The number of hydrogen-bond donors (Lipinski definition) is 2. The van der Waals surface area contributed by atoms with Crippen molar-refractivity contribution in [3.05, 3.63) is 39.9 Å². The summed E-state index contributed by atoms with van der Waals surface area (Å²) in [5.74, 6) is -0.371. The van der Waals surface area contributed by atoms with Gasteiger partial charge in [-0.15, -0.1) is 0 Å². The van der Waals surface area contributed by atoms with Crippen LogP contribution in [0.5, 0.6) is 0 Å². The summed E-state index contributed by atoms with van der Waals surface area (Å²) in [5.41, 5.74) is 5.09.